The molecule has 0 rings (SSSR count). The Morgan fingerprint density at radius 1 is 0.788 bits per heavy atom. The molecule has 2 amide bonds. The summed E-state index contributed by atoms with van der Waals surface area (Å²) in [7, 11) is 0. The topological polar surface area (TPSA) is 122 Å². The van der Waals surface area contributed by atoms with Gasteiger partial charge in [-0.15, -0.1) is 0 Å². The third-order valence-electron chi connectivity index (χ3n) is 6.38. The van der Waals surface area contributed by atoms with Crippen LogP contribution in [0.4, 0.5) is 0 Å². The number of hydrogen-bond acceptors (Lipinski definition) is 4. The minimum atomic E-state index is -1.06. The van der Waals surface area contributed by atoms with Crippen LogP contribution in [0.3, 0.4) is 0 Å². The molecule has 7 heteroatoms. The first-order chi connectivity index (χ1) is 15.9. The molecule has 0 aromatic heterocycles. The van der Waals surface area contributed by atoms with Crippen LogP contribution in [0.15, 0.2) is 0 Å². The first kappa shape index (κ1) is 31.4. The average molecular weight is 470 g/mol. The van der Waals surface area contributed by atoms with Crippen molar-refractivity contribution in [2.24, 2.45) is 11.7 Å². The van der Waals surface area contributed by atoms with Gasteiger partial charge in [0, 0.05) is 6.42 Å². The van der Waals surface area contributed by atoms with Crippen molar-refractivity contribution in [1.82, 2.24) is 10.6 Å². The lowest BCUT2D eigenvalue weighted by Gasteiger charge is -2.25. The molecule has 0 spiro atoms. The maximum absolute atomic E-state index is 12.8. The Morgan fingerprint density at radius 2 is 1.33 bits per heavy atom. The van der Waals surface area contributed by atoms with E-state index in [0.29, 0.717) is 38.6 Å². The molecule has 33 heavy (non-hydrogen) atoms. The number of rotatable bonds is 22. The zero-order valence-corrected chi connectivity index (χ0v) is 21.5. The Kier molecular flexibility index (Phi) is 19.9. The van der Waals surface area contributed by atoms with E-state index in [1.165, 1.54) is 51.4 Å². The van der Waals surface area contributed by atoms with Crippen molar-refractivity contribution >= 4 is 17.8 Å². The number of nitrogens with two attached hydrogens (primary N) is 1. The normalized spacial score (nSPS) is 13.8. The summed E-state index contributed by atoms with van der Waals surface area (Å²) in [5.41, 5.74) is 5.47. The quantitative estimate of drug-likeness (QED) is 0.168. The van der Waals surface area contributed by atoms with Gasteiger partial charge in [-0.2, -0.15) is 0 Å². The molecule has 7 nitrogen and oxygen atoms in total. The Balaban J connectivity index is 4.29. The summed E-state index contributed by atoms with van der Waals surface area (Å²) in [6, 6.07) is -1.68. The second-order valence-corrected chi connectivity index (χ2v) is 9.40. The van der Waals surface area contributed by atoms with Gasteiger partial charge in [0.05, 0.1) is 0 Å². The summed E-state index contributed by atoms with van der Waals surface area (Å²) in [5, 5.41) is 14.9. The van der Waals surface area contributed by atoms with Crippen molar-refractivity contribution < 1.29 is 19.5 Å². The van der Waals surface area contributed by atoms with Crippen LogP contribution in [0.2, 0.25) is 0 Å². The van der Waals surface area contributed by atoms with E-state index in [2.05, 4.69) is 17.6 Å². The lowest BCUT2D eigenvalue weighted by atomic mass is 9.97. The first-order valence-corrected chi connectivity index (χ1v) is 13.4. The van der Waals surface area contributed by atoms with E-state index in [1.807, 2.05) is 13.8 Å². The fraction of sp³-hybridized carbons (Fsp3) is 0.885. The van der Waals surface area contributed by atoms with E-state index >= 15 is 0 Å². The van der Waals surface area contributed by atoms with E-state index in [1.54, 1.807) is 0 Å². The highest BCUT2D eigenvalue weighted by Crippen LogP contribution is 2.13. The van der Waals surface area contributed by atoms with Gasteiger partial charge in [0.2, 0.25) is 11.8 Å². The summed E-state index contributed by atoms with van der Waals surface area (Å²) in [6.07, 6.45) is 16.2. The molecular weight excluding hydrogens is 418 g/mol. The highest BCUT2D eigenvalue weighted by molar-refractivity contribution is 5.90. The van der Waals surface area contributed by atoms with Crippen molar-refractivity contribution in [3.05, 3.63) is 0 Å². The maximum Gasteiger partial charge on any atom is 0.326 e. The zero-order valence-electron chi connectivity index (χ0n) is 21.5. The van der Waals surface area contributed by atoms with Crippen molar-refractivity contribution in [2.45, 2.75) is 136 Å². The first-order valence-electron chi connectivity index (χ1n) is 13.4. The molecule has 5 N–H and O–H groups in total. The SMILES string of the molecule is CCCCCCCCCCCCCC(=O)N[C@H](C(=O)N[C@@H](CCCCN)C(=O)O)[C@@H](C)CC. The zero-order chi connectivity index (χ0) is 24.9. The van der Waals surface area contributed by atoms with E-state index in [-0.39, 0.29) is 11.8 Å². The molecule has 0 aliphatic carbocycles. The number of aliphatic carboxylic acids is 1. The number of carbonyl (C=O) groups excluding carboxylic acids is 2. The largest absolute Gasteiger partial charge is 0.480 e. The Morgan fingerprint density at radius 3 is 1.82 bits per heavy atom. The Labute approximate surface area is 202 Å². The second kappa shape index (κ2) is 20.9. The van der Waals surface area contributed by atoms with E-state index in [9.17, 15) is 19.5 Å². The van der Waals surface area contributed by atoms with Crippen LogP contribution >= 0.6 is 0 Å². The molecule has 0 aliphatic rings. The van der Waals surface area contributed by atoms with Crippen LogP contribution in [-0.2, 0) is 14.4 Å². The molecule has 0 aliphatic heterocycles. The fourth-order valence-electron chi connectivity index (χ4n) is 3.91. The number of hydrogen-bond donors (Lipinski definition) is 4. The van der Waals surface area contributed by atoms with Gasteiger partial charge in [0.1, 0.15) is 12.1 Å². The summed E-state index contributed by atoms with van der Waals surface area (Å²) in [5.74, 6) is -1.70. The minimum Gasteiger partial charge on any atom is -0.480 e. The van der Waals surface area contributed by atoms with E-state index < -0.39 is 24.0 Å². The summed E-state index contributed by atoms with van der Waals surface area (Å²) in [6.45, 7) is 6.58. The van der Waals surface area contributed by atoms with Gasteiger partial charge < -0.3 is 21.5 Å². The number of carboxylic acids is 1. The van der Waals surface area contributed by atoms with E-state index in [4.69, 9.17) is 5.73 Å². The molecule has 0 fully saturated rings. The van der Waals surface area contributed by atoms with Crippen molar-refractivity contribution in [1.29, 1.82) is 0 Å². The molecule has 0 radical (unpaired) electrons. The molecule has 0 saturated heterocycles. The maximum atomic E-state index is 12.8. The fourth-order valence-corrected chi connectivity index (χ4v) is 3.91. The van der Waals surface area contributed by atoms with Gasteiger partial charge in [0.25, 0.3) is 0 Å². The standard InChI is InChI=1S/C26H51N3O4/c1-4-6-7-8-9-10-11-12-13-14-15-19-23(30)29-24(21(3)5-2)25(31)28-22(26(32)33)18-16-17-20-27/h21-22,24H,4-20,27H2,1-3H3,(H,28,31)(H,29,30)(H,32,33)/t21-,22-,24-/m0/s1. The van der Waals surface area contributed by atoms with Gasteiger partial charge in [-0.1, -0.05) is 91.4 Å². The number of unbranched alkanes of at least 4 members (excludes halogenated alkanes) is 11. The highest BCUT2D eigenvalue weighted by atomic mass is 16.4. The molecule has 194 valence electrons. The van der Waals surface area contributed by atoms with Crippen LogP contribution in [0.25, 0.3) is 0 Å². The monoisotopic (exact) mass is 469 g/mol. The minimum absolute atomic E-state index is 0.0789. The number of carbonyl (C=O) groups is 3. The molecule has 0 saturated carbocycles. The van der Waals surface area contributed by atoms with Gasteiger partial charge >= 0.3 is 5.97 Å². The Hall–Kier alpha value is -1.63. The van der Waals surface area contributed by atoms with Crippen LogP contribution in [-0.4, -0.2) is 41.5 Å². The highest BCUT2D eigenvalue weighted by Gasteiger charge is 2.29. The molecule has 0 unspecified atom stereocenters. The molecule has 0 bridgehead atoms. The second-order valence-electron chi connectivity index (χ2n) is 9.40. The third kappa shape index (κ3) is 16.6. The average Bonchev–Trinajstić information content (AvgIpc) is 2.79. The number of carboxylic acid groups (broad SMARTS) is 1. The van der Waals surface area contributed by atoms with Crippen LogP contribution < -0.4 is 16.4 Å². The van der Waals surface area contributed by atoms with Crippen LogP contribution in [0, 0.1) is 5.92 Å². The summed E-state index contributed by atoms with van der Waals surface area (Å²) in [4.78, 5) is 36.7. The number of nitrogens with one attached hydrogen (secondary N) is 2. The summed E-state index contributed by atoms with van der Waals surface area (Å²) < 4.78 is 0. The smallest absolute Gasteiger partial charge is 0.326 e. The lowest BCUT2D eigenvalue weighted by molar-refractivity contribution is -0.142. The lowest BCUT2D eigenvalue weighted by Crippen LogP contribution is -2.54. The summed E-state index contributed by atoms with van der Waals surface area (Å²) >= 11 is 0. The van der Waals surface area contributed by atoms with Gasteiger partial charge in [-0.05, 0) is 38.1 Å². The van der Waals surface area contributed by atoms with E-state index in [0.717, 1.165) is 19.3 Å². The van der Waals surface area contributed by atoms with Crippen molar-refractivity contribution in [3.8, 4) is 0 Å². The number of amides is 2. The molecule has 0 aromatic carbocycles. The van der Waals surface area contributed by atoms with Crippen LogP contribution in [0.1, 0.15) is 124 Å². The predicted octanol–water partition coefficient (Wildman–Crippen LogP) is 4.92. The van der Waals surface area contributed by atoms with Crippen molar-refractivity contribution in [3.63, 3.8) is 0 Å². The van der Waals surface area contributed by atoms with Crippen LogP contribution in [0.5, 0.6) is 0 Å². The third-order valence-corrected chi connectivity index (χ3v) is 6.38. The molecular formula is C26H51N3O4. The van der Waals surface area contributed by atoms with Gasteiger partial charge in [-0.3, -0.25) is 9.59 Å². The van der Waals surface area contributed by atoms with Gasteiger partial charge in [-0.25, -0.2) is 4.79 Å². The molecule has 3 atom stereocenters. The molecule has 0 aromatic rings. The predicted molar refractivity (Wildman–Crippen MR) is 135 cm³/mol. The molecule has 0 heterocycles. The Bertz CT molecular complexity index is 528. The van der Waals surface area contributed by atoms with Gasteiger partial charge in [0.15, 0.2) is 0 Å². The van der Waals surface area contributed by atoms with Crippen molar-refractivity contribution in [2.75, 3.05) is 6.54 Å².